The zero-order chi connectivity index (χ0) is 26.7. The summed E-state index contributed by atoms with van der Waals surface area (Å²) >= 11 is 12.3. The van der Waals surface area contributed by atoms with Crippen LogP contribution in [0.15, 0.2) is 66.7 Å². The first-order valence-electron chi connectivity index (χ1n) is 11.6. The molecule has 0 fully saturated rings. The Balaban J connectivity index is 1.89. The lowest BCUT2D eigenvalue weighted by molar-refractivity contribution is -0.119. The fourth-order valence-electron chi connectivity index (χ4n) is 4.46. The molecule has 0 saturated carbocycles. The Morgan fingerprint density at radius 1 is 1.00 bits per heavy atom. The van der Waals surface area contributed by atoms with Crippen LogP contribution < -0.4 is 10.5 Å². The summed E-state index contributed by atoms with van der Waals surface area (Å²) in [4.78, 5) is 26.3. The lowest BCUT2D eigenvalue weighted by Crippen LogP contribution is -2.25. The second-order valence-electron chi connectivity index (χ2n) is 8.96. The lowest BCUT2D eigenvalue weighted by atomic mass is 9.98. The fraction of sp³-hybridized carbons (Fsp3) is 0.214. The quantitative estimate of drug-likeness (QED) is 0.264. The number of hydrogen-bond acceptors (Lipinski definition) is 4. The molecular formula is C28H26Cl2N3O4. The first-order valence-corrected chi connectivity index (χ1v) is 12.3. The summed E-state index contributed by atoms with van der Waals surface area (Å²) in [5.74, 6) is -1.35. The number of halogens is 2. The normalized spacial score (nSPS) is 12.1. The van der Waals surface area contributed by atoms with E-state index in [2.05, 4.69) is 0 Å². The standard InChI is InChI=1S/C28H26Cl2N3O4/c1-32(2)24(14-25(31)34)26-20-13-19(37-16-17-6-4-3-5-7-17)9-11-23(20)33(27(26)28(35)36)15-18-8-10-21(29)22(30)12-18/h3-13,24,31H,14-16H2,1-2H3,(H,35,36). The monoisotopic (exact) mass is 538 g/mol. The van der Waals surface area contributed by atoms with Crippen molar-refractivity contribution in [1.82, 2.24) is 15.2 Å². The molecule has 0 spiro atoms. The Kier molecular flexibility index (Phi) is 8.07. The third-order valence-electron chi connectivity index (χ3n) is 6.18. The molecule has 0 aliphatic carbocycles. The number of rotatable bonds is 10. The number of aromatic nitrogens is 1. The molecule has 0 aliphatic heterocycles. The number of hydrogen-bond donors (Lipinski definition) is 1. The van der Waals surface area contributed by atoms with E-state index >= 15 is 0 Å². The summed E-state index contributed by atoms with van der Waals surface area (Å²) in [6, 6.07) is 19.7. The van der Waals surface area contributed by atoms with Gasteiger partial charge in [0.05, 0.1) is 10.0 Å². The van der Waals surface area contributed by atoms with Crippen LogP contribution in [-0.2, 0) is 17.9 Å². The highest BCUT2D eigenvalue weighted by Crippen LogP contribution is 2.38. The van der Waals surface area contributed by atoms with Crippen molar-refractivity contribution in [3.8, 4) is 5.75 Å². The number of ether oxygens (including phenoxy) is 1. The molecule has 9 heteroatoms. The van der Waals surface area contributed by atoms with E-state index in [0.717, 1.165) is 11.1 Å². The minimum atomic E-state index is -1.14. The predicted octanol–water partition coefficient (Wildman–Crippen LogP) is 6.08. The highest BCUT2D eigenvalue weighted by Gasteiger charge is 2.30. The van der Waals surface area contributed by atoms with Gasteiger partial charge in [-0.3, -0.25) is 10.5 Å². The topological polar surface area (TPSA) is 95.6 Å². The molecule has 0 aliphatic rings. The van der Waals surface area contributed by atoms with Crippen LogP contribution >= 0.6 is 23.2 Å². The maximum absolute atomic E-state index is 12.7. The van der Waals surface area contributed by atoms with Crippen LogP contribution in [0.3, 0.4) is 0 Å². The third-order valence-corrected chi connectivity index (χ3v) is 6.92. The Morgan fingerprint density at radius 2 is 1.73 bits per heavy atom. The first kappa shape index (κ1) is 26.5. The Labute approximate surface area is 225 Å². The molecule has 7 nitrogen and oxygen atoms in total. The Bertz CT molecular complexity index is 1450. The second-order valence-corrected chi connectivity index (χ2v) is 9.78. The number of amides is 1. The largest absolute Gasteiger partial charge is 0.489 e. The molecule has 0 saturated heterocycles. The SMILES string of the molecule is CN(C)C(CC([NH])=O)c1c(C(=O)O)n(Cc2ccc(Cl)c(Cl)c2)c2ccc(OCc3ccccc3)cc12. The molecule has 1 atom stereocenters. The molecular weight excluding hydrogens is 513 g/mol. The van der Waals surface area contributed by atoms with Crippen LogP contribution in [0.4, 0.5) is 0 Å². The van der Waals surface area contributed by atoms with Crippen LogP contribution in [0, 0.1) is 0 Å². The summed E-state index contributed by atoms with van der Waals surface area (Å²) in [5.41, 5.74) is 10.5. The molecule has 3 aromatic carbocycles. The molecule has 1 aromatic heterocycles. The summed E-state index contributed by atoms with van der Waals surface area (Å²) in [7, 11) is 3.52. The number of nitrogens with zero attached hydrogens (tertiary/aromatic N) is 2. The second kappa shape index (κ2) is 11.3. The number of benzene rings is 3. The van der Waals surface area contributed by atoms with Gasteiger partial charge in [0.25, 0.3) is 0 Å². The van der Waals surface area contributed by atoms with Gasteiger partial charge in [-0.1, -0.05) is 59.6 Å². The maximum atomic E-state index is 12.7. The summed E-state index contributed by atoms with van der Waals surface area (Å²) < 4.78 is 7.72. The summed E-state index contributed by atoms with van der Waals surface area (Å²) in [6.45, 7) is 0.563. The minimum absolute atomic E-state index is 0.0428. The Hall–Kier alpha value is -3.52. The van der Waals surface area contributed by atoms with Crippen molar-refractivity contribution >= 4 is 46.0 Å². The number of carbonyl (C=O) groups is 2. The number of carbonyl (C=O) groups excluding carboxylic acids is 1. The average Bonchev–Trinajstić information content (AvgIpc) is 3.17. The first-order chi connectivity index (χ1) is 17.7. The molecule has 1 heterocycles. The maximum Gasteiger partial charge on any atom is 0.352 e. The van der Waals surface area contributed by atoms with Gasteiger partial charge in [-0.15, -0.1) is 0 Å². The zero-order valence-corrected chi connectivity index (χ0v) is 21.9. The van der Waals surface area contributed by atoms with Crippen molar-refractivity contribution in [3.63, 3.8) is 0 Å². The molecule has 1 radical (unpaired) electrons. The van der Waals surface area contributed by atoms with Crippen molar-refractivity contribution in [2.24, 2.45) is 0 Å². The molecule has 1 unspecified atom stereocenters. The fourth-order valence-corrected chi connectivity index (χ4v) is 4.78. The van der Waals surface area contributed by atoms with Crippen LogP contribution in [-0.4, -0.2) is 40.5 Å². The van der Waals surface area contributed by atoms with Crippen LogP contribution in [0.25, 0.3) is 10.9 Å². The highest BCUT2D eigenvalue weighted by atomic mass is 35.5. The third kappa shape index (κ3) is 5.91. The summed E-state index contributed by atoms with van der Waals surface area (Å²) in [6.07, 6.45) is -0.158. The van der Waals surface area contributed by atoms with E-state index < -0.39 is 17.9 Å². The van der Waals surface area contributed by atoms with Gasteiger partial charge >= 0.3 is 5.97 Å². The highest BCUT2D eigenvalue weighted by molar-refractivity contribution is 6.42. The molecule has 4 rings (SSSR count). The average molecular weight is 539 g/mol. The number of nitrogens with one attached hydrogen (secondary N) is 1. The number of fused-ring (bicyclic) bond motifs is 1. The predicted molar refractivity (Wildman–Crippen MR) is 144 cm³/mol. The number of carboxylic acid groups (broad SMARTS) is 1. The van der Waals surface area contributed by atoms with E-state index in [9.17, 15) is 14.7 Å². The van der Waals surface area contributed by atoms with Crippen molar-refractivity contribution in [1.29, 1.82) is 0 Å². The van der Waals surface area contributed by atoms with Crippen LogP contribution in [0.5, 0.6) is 5.75 Å². The van der Waals surface area contributed by atoms with Gasteiger partial charge < -0.3 is 19.3 Å². The van der Waals surface area contributed by atoms with E-state index in [0.29, 0.717) is 38.9 Å². The molecule has 4 aromatic rings. The molecule has 191 valence electrons. The van der Waals surface area contributed by atoms with E-state index in [4.69, 9.17) is 33.7 Å². The van der Waals surface area contributed by atoms with Gasteiger partial charge in [0.1, 0.15) is 18.1 Å². The minimum Gasteiger partial charge on any atom is -0.489 e. The molecule has 2 N–H and O–H groups in total. The van der Waals surface area contributed by atoms with Crippen LogP contribution in [0.2, 0.25) is 10.0 Å². The van der Waals surface area contributed by atoms with Gasteiger partial charge in [0, 0.05) is 35.5 Å². The molecule has 0 bridgehead atoms. The Morgan fingerprint density at radius 3 is 2.35 bits per heavy atom. The number of aromatic carboxylic acids is 1. The molecule has 1 amide bonds. The van der Waals surface area contributed by atoms with Crippen LogP contribution in [0.1, 0.15) is 39.6 Å². The van der Waals surface area contributed by atoms with Gasteiger partial charge in [-0.2, -0.15) is 0 Å². The van der Waals surface area contributed by atoms with E-state index in [-0.39, 0.29) is 18.7 Å². The smallest absolute Gasteiger partial charge is 0.352 e. The van der Waals surface area contributed by atoms with Gasteiger partial charge in [-0.05, 0) is 55.6 Å². The van der Waals surface area contributed by atoms with E-state index in [1.54, 1.807) is 53.9 Å². The van der Waals surface area contributed by atoms with Gasteiger partial charge in [0.15, 0.2) is 0 Å². The summed E-state index contributed by atoms with van der Waals surface area (Å²) in [5, 5.41) is 11.8. The van der Waals surface area contributed by atoms with E-state index in [1.165, 1.54) is 0 Å². The van der Waals surface area contributed by atoms with Gasteiger partial charge in [-0.25, -0.2) is 4.79 Å². The van der Waals surface area contributed by atoms with Gasteiger partial charge in [0.2, 0.25) is 5.91 Å². The zero-order valence-electron chi connectivity index (χ0n) is 20.4. The lowest BCUT2D eigenvalue weighted by Gasteiger charge is -2.24. The van der Waals surface area contributed by atoms with Crippen molar-refractivity contribution < 1.29 is 19.4 Å². The van der Waals surface area contributed by atoms with Crippen molar-refractivity contribution in [3.05, 3.63) is 99.2 Å². The van der Waals surface area contributed by atoms with Crippen molar-refractivity contribution in [2.45, 2.75) is 25.6 Å². The van der Waals surface area contributed by atoms with E-state index in [1.807, 2.05) is 36.4 Å². The molecule has 37 heavy (non-hydrogen) atoms. The van der Waals surface area contributed by atoms with Crippen molar-refractivity contribution in [2.75, 3.05) is 14.1 Å². The number of carboxylic acids is 1.